The first-order chi connectivity index (χ1) is 9.10. The average Bonchev–Trinajstić information content (AvgIpc) is 2.41. The van der Waals surface area contributed by atoms with Crippen LogP contribution in [0, 0.1) is 0 Å². The number of hydrogen-bond acceptors (Lipinski definition) is 4. The van der Waals surface area contributed by atoms with Crippen molar-refractivity contribution in [1.82, 2.24) is 9.97 Å². The molecule has 0 aliphatic rings. The summed E-state index contributed by atoms with van der Waals surface area (Å²) >= 11 is 3.11. The third-order valence-electron chi connectivity index (χ3n) is 2.52. The van der Waals surface area contributed by atoms with E-state index in [2.05, 4.69) is 25.9 Å². The van der Waals surface area contributed by atoms with Crippen LogP contribution in [0.5, 0.6) is 5.75 Å². The number of aromatic nitrogens is 2. The molecule has 1 heterocycles. The highest BCUT2D eigenvalue weighted by molar-refractivity contribution is 9.10. The molecule has 1 N–H and O–H groups in total. The van der Waals surface area contributed by atoms with Crippen molar-refractivity contribution in [3.63, 3.8) is 0 Å². The van der Waals surface area contributed by atoms with Crippen LogP contribution in [-0.2, 0) is 6.42 Å². The Kier molecular flexibility index (Phi) is 4.11. The second-order valence-corrected chi connectivity index (χ2v) is 4.67. The van der Waals surface area contributed by atoms with Crippen molar-refractivity contribution in [2.75, 3.05) is 7.11 Å². The molecule has 0 saturated carbocycles. The van der Waals surface area contributed by atoms with E-state index in [0.29, 0.717) is 16.7 Å². The van der Waals surface area contributed by atoms with Crippen LogP contribution in [0.1, 0.15) is 21.9 Å². The number of carboxylic acids is 1. The Labute approximate surface area is 118 Å². The number of rotatable bonds is 4. The molecule has 0 atom stereocenters. The Balaban J connectivity index is 2.22. The fourth-order valence-corrected chi connectivity index (χ4v) is 1.93. The van der Waals surface area contributed by atoms with Gasteiger partial charge in [0.1, 0.15) is 11.6 Å². The maximum absolute atomic E-state index is 11.0. The highest BCUT2D eigenvalue weighted by Crippen LogP contribution is 2.16. The third-order valence-corrected chi connectivity index (χ3v) is 3.10. The second-order valence-electron chi connectivity index (χ2n) is 3.81. The smallest absolute Gasteiger partial charge is 0.355 e. The molecular weight excluding hydrogens is 312 g/mol. The summed E-state index contributed by atoms with van der Waals surface area (Å²) in [5, 5.41) is 8.99. The van der Waals surface area contributed by atoms with E-state index in [1.54, 1.807) is 7.11 Å². The average molecular weight is 323 g/mol. The van der Waals surface area contributed by atoms with E-state index >= 15 is 0 Å². The van der Waals surface area contributed by atoms with Gasteiger partial charge in [-0.2, -0.15) is 0 Å². The summed E-state index contributed by atoms with van der Waals surface area (Å²) in [7, 11) is 1.60. The minimum absolute atomic E-state index is 0.0292. The zero-order valence-electron chi connectivity index (χ0n) is 10.1. The van der Waals surface area contributed by atoms with Gasteiger partial charge in [0.05, 0.1) is 11.6 Å². The van der Waals surface area contributed by atoms with Gasteiger partial charge >= 0.3 is 5.97 Å². The largest absolute Gasteiger partial charge is 0.497 e. The lowest BCUT2D eigenvalue weighted by molar-refractivity contribution is 0.0688. The van der Waals surface area contributed by atoms with E-state index in [0.717, 1.165) is 11.3 Å². The van der Waals surface area contributed by atoms with Gasteiger partial charge in [-0.05, 0) is 33.6 Å². The summed E-state index contributed by atoms with van der Waals surface area (Å²) in [6.45, 7) is 0. The van der Waals surface area contributed by atoms with E-state index in [4.69, 9.17) is 9.84 Å². The van der Waals surface area contributed by atoms with Gasteiger partial charge in [0.25, 0.3) is 0 Å². The van der Waals surface area contributed by atoms with Crippen molar-refractivity contribution in [3.8, 4) is 5.75 Å². The van der Waals surface area contributed by atoms with E-state index in [9.17, 15) is 4.79 Å². The Morgan fingerprint density at radius 2 is 2.05 bits per heavy atom. The molecule has 19 heavy (non-hydrogen) atoms. The van der Waals surface area contributed by atoms with Gasteiger partial charge < -0.3 is 9.84 Å². The van der Waals surface area contributed by atoms with Crippen LogP contribution >= 0.6 is 15.9 Å². The van der Waals surface area contributed by atoms with Crippen LogP contribution < -0.4 is 4.74 Å². The summed E-state index contributed by atoms with van der Waals surface area (Å²) in [5.74, 6) is 0.155. The molecule has 2 rings (SSSR count). The van der Waals surface area contributed by atoms with Crippen molar-refractivity contribution in [2.45, 2.75) is 6.42 Å². The molecule has 0 bridgehead atoms. The minimum Gasteiger partial charge on any atom is -0.497 e. The van der Waals surface area contributed by atoms with Crippen LogP contribution in [0.3, 0.4) is 0 Å². The Morgan fingerprint density at radius 1 is 1.37 bits per heavy atom. The summed E-state index contributed by atoms with van der Waals surface area (Å²) in [6, 6.07) is 7.47. The van der Waals surface area contributed by atoms with E-state index in [1.807, 2.05) is 24.3 Å². The third kappa shape index (κ3) is 3.29. The SMILES string of the molecule is COc1ccc(Cc2ncc(Br)c(C(=O)O)n2)cc1. The Hall–Kier alpha value is -1.95. The lowest BCUT2D eigenvalue weighted by Gasteiger charge is -2.04. The van der Waals surface area contributed by atoms with E-state index in [-0.39, 0.29) is 5.69 Å². The molecule has 2 aromatic rings. The van der Waals surface area contributed by atoms with Crippen LogP contribution in [0.4, 0.5) is 0 Å². The molecule has 0 amide bonds. The fraction of sp³-hybridized carbons (Fsp3) is 0.154. The first kappa shape index (κ1) is 13.5. The zero-order chi connectivity index (χ0) is 13.8. The summed E-state index contributed by atoms with van der Waals surface area (Å²) in [6.07, 6.45) is 1.92. The first-order valence-corrected chi connectivity index (χ1v) is 6.27. The number of aromatic carboxylic acids is 1. The van der Waals surface area contributed by atoms with Gasteiger partial charge in [-0.3, -0.25) is 0 Å². The van der Waals surface area contributed by atoms with E-state index < -0.39 is 5.97 Å². The van der Waals surface area contributed by atoms with Crippen molar-refractivity contribution in [1.29, 1.82) is 0 Å². The molecule has 0 radical (unpaired) electrons. The van der Waals surface area contributed by atoms with Crippen molar-refractivity contribution >= 4 is 21.9 Å². The Morgan fingerprint density at radius 3 is 2.63 bits per heavy atom. The highest BCUT2D eigenvalue weighted by atomic mass is 79.9. The topological polar surface area (TPSA) is 72.3 Å². The molecule has 0 unspecified atom stereocenters. The van der Waals surface area contributed by atoms with Gasteiger partial charge in [0, 0.05) is 12.6 Å². The van der Waals surface area contributed by atoms with Crippen molar-refractivity contribution < 1.29 is 14.6 Å². The van der Waals surface area contributed by atoms with Gasteiger partial charge in [-0.25, -0.2) is 14.8 Å². The molecule has 5 nitrogen and oxygen atoms in total. The second kappa shape index (κ2) is 5.79. The number of carboxylic acid groups (broad SMARTS) is 1. The number of hydrogen-bond donors (Lipinski definition) is 1. The monoisotopic (exact) mass is 322 g/mol. The fourth-order valence-electron chi connectivity index (χ4n) is 1.56. The standard InChI is InChI=1S/C13H11BrN2O3/c1-19-9-4-2-8(3-5-9)6-11-15-7-10(14)12(16-11)13(17)18/h2-5,7H,6H2,1H3,(H,17,18). The summed E-state index contributed by atoms with van der Waals surface area (Å²) < 4.78 is 5.44. The number of nitrogens with zero attached hydrogens (tertiary/aromatic N) is 2. The minimum atomic E-state index is -1.08. The van der Waals surface area contributed by atoms with Crippen LogP contribution in [-0.4, -0.2) is 28.2 Å². The Bertz CT molecular complexity index is 599. The normalized spacial score (nSPS) is 10.2. The molecule has 0 fully saturated rings. The molecule has 98 valence electrons. The lowest BCUT2D eigenvalue weighted by Crippen LogP contribution is -2.06. The quantitative estimate of drug-likeness (QED) is 0.936. The van der Waals surface area contributed by atoms with Crippen molar-refractivity contribution in [2.24, 2.45) is 0 Å². The molecule has 0 aliphatic heterocycles. The predicted molar refractivity (Wildman–Crippen MR) is 72.5 cm³/mol. The van der Waals surface area contributed by atoms with Gasteiger partial charge in [-0.1, -0.05) is 12.1 Å². The first-order valence-electron chi connectivity index (χ1n) is 5.48. The molecule has 6 heteroatoms. The number of carbonyl (C=O) groups is 1. The molecule has 0 aliphatic carbocycles. The van der Waals surface area contributed by atoms with Gasteiger partial charge in [0.2, 0.25) is 0 Å². The number of methoxy groups -OCH3 is 1. The van der Waals surface area contributed by atoms with Crippen LogP contribution in [0.25, 0.3) is 0 Å². The maximum Gasteiger partial charge on any atom is 0.355 e. The van der Waals surface area contributed by atoms with Crippen LogP contribution in [0.15, 0.2) is 34.9 Å². The number of ether oxygens (including phenoxy) is 1. The molecule has 1 aromatic carbocycles. The maximum atomic E-state index is 11.0. The predicted octanol–water partition coefficient (Wildman–Crippen LogP) is 2.54. The summed E-state index contributed by atoms with van der Waals surface area (Å²) in [4.78, 5) is 19.1. The van der Waals surface area contributed by atoms with Gasteiger partial charge in [0.15, 0.2) is 5.69 Å². The summed E-state index contributed by atoms with van der Waals surface area (Å²) in [5.41, 5.74) is 0.956. The number of halogens is 1. The molecule has 0 saturated heterocycles. The van der Waals surface area contributed by atoms with Gasteiger partial charge in [-0.15, -0.1) is 0 Å². The zero-order valence-corrected chi connectivity index (χ0v) is 11.7. The molecule has 0 spiro atoms. The molecular formula is C13H11BrN2O3. The van der Waals surface area contributed by atoms with Crippen molar-refractivity contribution in [3.05, 3.63) is 52.0 Å². The molecule has 1 aromatic heterocycles. The van der Waals surface area contributed by atoms with Crippen LogP contribution in [0.2, 0.25) is 0 Å². The van der Waals surface area contributed by atoms with E-state index in [1.165, 1.54) is 6.20 Å². The highest BCUT2D eigenvalue weighted by Gasteiger charge is 2.12. The lowest BCUT2D eigenvalue weighted by atomic mass is 10.1. The number of benzene rings is 1.